The number of benzene rings is 1. The van der Waals surface area contributed by atoms with E-state index >= 15 is 0 Å². The molecule has 1 aromatic rings. The van der Waals surface area contributed by atoms with Gasteiger partial charge in [0, 0.05) is 0 Å². The molecule has 0 fully saturated rings. The first-order valence-electron chi connectivity index (χ1n) is 6.17. The summed E-state index contributed by atoms with van der Waals surface area (Å²) in [5.41, 5.74) is 3.67. The fraction of sp³-hybridized carbons (Fsp3) is 0.562. The minimum Gasteiger partial charge on any atom is -0.197 e. The van der Waals surface area contributed by atoms with Crippen LogP contribution in [0.1, 0.15) is 51.3 Å². The molecule has 0 aliphatic heterocycles. The van der Waals surface area contributed by atoms with Crippen molar-refractivity contribution >= 4 is 0 Å². The third-order valence-electron chi connectivity index (χ3n) is 3.07. The van der Waals surface area contributed by atoms with Gasteiger partial charge in [-0.25, -0.2) is 0 Å². The average Bonchev–Trinajstić information content (AvgIpc) is 2.19. The van der Waals surface area contributed by atoms with Crippen LogP contribution in [0.3, 0.4) is 0 Å². The molecule has 0 saturated carbocycles. The first kappa shape index (κ1) is 13.8. The molecule has 0 amide bonds. The molecule has 0 unspecified atom stereocenters. The Morgan fingerprint density at radius 3 is 2.18 bits per heavy atom. The average molecular weight is 229 g/mol. The van der Waals surface area contributed by atoms with Crippen LogP contribution in [0, 0.1) is 23.7 Å². The van der Waals surface area contributed by atoms with Gasteiger partial charge in [0.2, 0.25) is 0 Å². The van der Waals surface area contributed by atoms with E-state index in [0.717, 1.165) is 12.0 Å². The van der Waals surface area contributed by atoms with Crippen molar-refractivity contribution in [3.8, 4) is 6.07 Å². The maximum absolute atomic E-state index is 9.19. The predicted molar refractivity (Wildman–Crippen MR) is 73.0 cm³/mol. The van der Waals surface area contributed by atoms with E-state index in [4.69, 9.17) is 0 Å². The van der Waals surface area contributed by atoms with Crippen LogP contribution in [-0.2, 0) is 11.8 Å². The largest absolute Gasteiger partial charge is 0.197 e. The van der Waals surface area contributed by atoms with Crippen molar-refractivity contribution in [1.29, 1.82) is 5.26 Å². The molecule has 0 saturated heterocycles. The summed E-state index contributed by atoms with van der Waals surface area (Å²) < 4.78 is 0. The number of nitriles is 1. The normalized spacial score (nSPS) is 12.3. The summed E-state index contributed by atoms with van der Waals surface area (Å²) in [5, 5.41) is 9.19. The molecule has 0 aromatic heterocycles. The first-order chi connectivity index (χ1) is 7.65. The van der Waals surface area contributed by atoms with Gasteiger partial charge >= 0.3 is 0 Å². The Bertz CT molecular complexity index is 442. The van der Waals surface area contributed by atoms with E-state index in [2.05, 4.69) is 52.0 Å². The standard InChI is InChI=1S/C16H23N/c1-12-7-8-14(16(5,6)11-17)9-13(12)10-15(2,3)4/h7-9H,10H2,1-6H3. The number of aryl methyl sites for hydroxylation is 1. The molecule has 1 heteroatoms. The van der Waals surface area contributed by atoms with Crippen molar-refractivity contribution in [3.05, 3.63) is 34.9 Å². The molecule has 0 N–H and O–H groups in total. The van der Waals surface area contributed by atoms with Crippen molar-refractivity contribution in [2.24, 2.45) is 5.41 Å². The van der Waals surface area contributed by atoms with Gasteiger partial charge in [-0.3, -0.25) is 0 Å². The molecule has 1 nitrogen and oxygen atoms in total. The van der Waals surface area contributed by atoms with Gasteiger partial charge in [-0.1, -0.05) is 39.0 Å². The van der Waals surface area contributed by atoms with Crippen LogP contribution in [0.15, 0.2) is 18.2 Å². The van der Waals surface area contributed by atoms with Crippen LogP contribution < -0.4 is 0 Å². The Kier molecular flexibility index (Phi) is 3.67. The highest BCUT2D eigenvalue weighted by Crippen LogP contribution is 2.28. The van der Waals surface area contributed by atoms with E-state index in [1.54, 1.807) is 0 Å². The fourth-order valence-corrected chi connectivity index (χ4v) is 1.89. The Labute approximate surface area is 105 Å². The lowest BCUT2D eigenvalue weighted by Crippen LogP contribution is -2.16. The van der Waals surface area contributed by atoms with E-state index in [-0.39, 0.29) is 5.41 Å². The van der Waals surface area contributed by atoms with Crippen LogP contribution in [0.2, 0.25) is 0 Å². The monoisotopic (exact) mass is 229 g/mol. The lowest BCUT2D eigenvalue weighted by molar-refractivity contribution is 0.410. The van der Waals surface area contributed by atoms with Gasteiger partial charge in [-0.05, 0) is 49.3 Å². The molecular weight excluding hydrogens is 206 g/mol. The summed E-state index contributed by atoms with van der Waals surface area (Å²) in [7, 11) is 0. The van der Waals surface area contributed by atoms with Crippen molar-refractivity contribution in [1.82, 2.24) is 0 Å². The Balaban J connectivity index is 3.17. The first-order valence-corrected chi connectivity index (χ1v) is 6.17. The van der Waals surface area contributed by atoms with Gasteiger partial charge in [0.25, 0.3) is 0 Å². The second kappa shape index (κ2) is 4.53. The molecule has 1 rings (SSSR count). The second-order valence-electron chi connectivity index (χ2n) is 6.62. The van der Waals surface area contributed by atoms with E-state index < -0.39 is 5.41 Å². The summed E-state index contributed by atoms with van der Waals surface area (Å²) in [6.45, 7) is 12.8. The Hall–Kier alpha value is -1.29. The SMILES string of the molecule is Cc1ccc(C(C)(C)C#N)cc1CC(C)(C)C. The number of nitrogens with zero attached hydrogens (tertiary/aromatic N) is 1. The van der Waals surface area contributed by atoms with Gasteiger partial charge in [0.15, 0.2) is 0 Å². The molecule has 1 aromatic carbocycles. The summed E-state index contributed by atoms with van der Waals surface area (Å²) >= 11 is 0. The Morgan fingerprint density at radius 1 is 1.12 bits per heavy atom. The third-order valence-corrected chi connectivity index (χ3v) is 3.07. The Morgan fingerprint density at radius 2 is 1.71 bits per heavy atom. The zero-order chi connectivity index (χ0) is 13.3. The van der Waals surface area contributed by atoms with E-state index in [0.29, 0.717) is 0 Å². The minimum absolute atomic E-state index is 0.278. The molecule has 0 radical (unpaired) electrons. The lowest BCUT2D eigenvalue weighted by Gasteiger charge is -2.22. The van der Waals surface area contributed by atoms with E-state index in [9.17, 15) is 5.26 Å². The molecule has 0 heterocycles. The summed E-state index contributed by atoms with van der Waals surface area (Å²) in [6, 6.07) is 8.77. The number of rotatable bonds is 2. The zero-order valence-electron chi connectivity index (χ0n) is 11.9. The van der Waals surface area contributed by atoms with Crippen LogP contribution in [0.4, 0.5) is 0 Å². The highest BCUT2D eigenvalue weighted by atomic mass is 14.3. The fourth-order valence-electron chi connectivity index (χ4n) is 1.89. The quantitative estimate of drug-likeness (QED) is 0.738. The number of hydrogen-bond acceptors (Lipinski definition) is 1. The van der Waals surface area contributed by atoms with Crippen molar-refractivity contribution < 1.29 is 0 Å². The molecule has 0 atom stereocenters. The molecule has 17 heavy (non-hydrogen) atoms. The highest BCUT2D eigenvalue weighted by molar-refractivity contribution is 5.38. The van der Waals surface area contributed by atoms with Crippen LogP contribution in [0.25, 0.3) is 0 Å². The zero-order valence-corrected chi connectivity index (χ0v) is 11.9. The number of hydrogen-bond donors (Lipinski definition) is 0. The van der Waals surface area contributed by atoms with E-state index in [1.807, 2.05) is 13.8 Å². The van der Waals surface area contributed by atoms with E-state index in [1.165, 1.54) is 11.1 Å². The van der Waals surface area contributed by atoms with Gasteiger partial charge in [0.1, 0.15) is 0 Å². The minimum atomic E-state index is -0.402. The molecular formula is C16H23N. The summed E-state index contributed by atoms with van der Waals surface area (Å²) in [4.78, 5) is 0. The van der Waals surface area contributed by atoms with Gasteiger partial charge in [-0.2, -0.15) is 5.26 Å². The molecule has 0 bridgehead atoms. The third kappa shape index (κ3) is 3.60. The summed E-state index contributed by atoms with van der Waals surface area (Å²) in [5.74, 6) is 0. The molecule has 0 aliphatic carbocycles. The lowest BCUT2D eigenvalue weighted by atomic mass is 9.81. The van der Waals surface area contributed by atoms with Crippen molar-refractivity contribution in [3.63, 3.8) is 0 Å². The molecule has 0 aliphatic rings. The van der Waals surface area contributed by atoms with Crippen LogP contribution >= 0.6 is 0 Å². The van der Waals surface area contributed by atoms with Gasteiger partial charge in [-0.15, -0.1) is 0 Å². The van der Waals surface area contributed by atoms with Crippen LogP contribution in [-0.4, -0.2) is 0 Å². The smallest absolute Gasteiger partial charge is 0.0766 e. The predicted octanol–water partition coefficient (Wildman–Crippen LogP) is 4.38. The summed E-state index contributed by atoms with van der Waals surface area (Å²) in [6.07, 6.45) is 1.05. The highest BCUT2D eigenvalue weighted by Gasteiger charge is 2.21. The van der Waals surface area contributed by atoms with Crippen LogP contribution in [0.5, 0.6) is 0 Å². The molecule has 0 spiro atoms. The second-order valence-corrected chi connectivity index (χ2v) is 6.62. The maximum atomic E-state index is 9.19. The topological polar surface area (TPSA) is 23.8 Å². The molecule has 92 valence electrons. The van der Waals surface area contributed by atoms with Crippen molar-refractivity contribution in [2.45, 2.75) is 53.4 Å². The van der Waals surface area contributed by atoms with Gasteiger partial charge in [0.05, 0.1) is 11.5 Å². The maximum Gasteiger partial charge on any atom is 0.0766 e. The van der Waals surface area contributed by atoms with Gasteiger partial charge < -0.3 is 0 Å². The van der Waals surface area contributed by atoms with Crippen molar-refractivity contribution in [2.75, 3.05) is 0 Å².